The Morgan fingerprint density at radius 1 is 0.800 bits per heavy atom. The fourth-order valence-electron chi connectivity index (χ4n) is 4.81. The minimum atomic E-state index is -0.661. The van der Waals surface area contributed by atoms with E-state index in [9.17, 15) is 18.8 Å². The molecule has 11 heteroatoms. The van der Waals surface area contributed by atoms with E-state index in [0.29, 0.717) is 32.7 Å². The number of carbonyl (C=O) groups excluding carboxylic acids is 3. The Balaban J connectivity index is 1.20. The second-order valence-electron chi connectivity index (χ2n) is 10.9. The van der Waals surface area contributed by atoms with E-state index in [1.807, 2.05) is 36.4 Å². The van der Waals surface area contributed by atoms with Gasteiger partial charge in [-0.1, -0.05) is 78.3 Å². The Kier molecular flexibility index (Phi) is 11.1. The van der Waals surface area contributed by atoms with E-state index >= 15 is 0 Å². The molecule has 3 amide bonds. The van der Waals surface area contributed by atoms with Crippen molar-refractivity contribution < 1.29 is 18.8 Å². The number of hydrogen-bond acceptors (Lipinski definition) is 6. The maximum atomic E-state index is 13.7. The largest absolute Gasteiger partial charge is 0.321 e. The van der Waals surface area contributed by atoms with Crippen molar-refractivity contribution in [1.82, 2.24) is 10.3 Å². The first-order valence-corrected chi connectivity index (χ1v) is 17.4. The van der Waals surface area contributed by atoms with Crippen LogP contribution in [0.5, 0.6) is 0 Å². The highest BCUT2D eigenvalue weighted by Gasteiger charge is 2.24. The van der Waals surface area contributed by atoms with E-state index in [1.165, 1.54) is 35.2 Å². The molecule has 0 aliphatic heterocycles. The smallest absolute Gasteiger partial charge is 0.272 e. The Hall–Kier alpha value is -5.55. The van der Waals surface area contributed by atoms with Crippen LogP contribution in [-0.2, 0) is 9.59 Å². The lowest BCUT2D eigenvalue weighted by atomic mass is 10.1. The number of thiazole rings is 1. The molecule has 1 heterocycles. The molecule has 0 aliphatic carbocycles. The van der Waals surface area contributed by atoms with Gasteiger partial charge in [0.15, 0.2) is 5.13 Å². The molecule has 5 aromatic carbocycles. The van der Waals surface area contributed by atoms with Gasteiger partial charge in [0.05, 0.1) is 5.69 Å². The number of thioether (sulfide) groups is 1. The summed E-state index contributed by atoms with van der Waals surface area (Å²) in [4.78, 5) is 45.6. The summed E-state index contributed by atoms with van der Waals surface area (Å²) in [6.45, 7) is 0. The number of nitrogens with zero attached hydrogens (tertiary/aromatic N) is 1. The highest BCUT2D eigenvalue weighted by molar-refractivity contribution is 8.00. The van der Waals surface area contributed by atoms with Gasteiger partial charge in [-0.3, -0.25) is 14.4 Å². The van der Waals surface area contributed by atoms with Crippen LogP contribution in [0.4, 0.5) is 15.2 Å². The second-order valence-corrected chi connectivity index (χ2v) is 13.3. The van der Waals surface area contributed by atoms with Crippen LogP contribution in [0, 0.1) is 5.82 Å². The minimum Gasteiger partial charge on any atom is -0.321 e. The van der Waals surface area contributed by atoms with Gasteiger partial charge in [0.25, 0.3) is 11.8 Å². The van der Waals surface area contributed by atoms with Gasteiger partial charge in [0, 0.05) is 32.1 Å². The zero-order valence-electron chi connectivity index (χ0n) is 26.2. The maximum Gasteiger partial charge on any atom is 0.272 e. The molecule has 248 valence electrons. The fraction of sp³-hybridized carbons (Fsp3) is 0.0256. The highest BCUT2D eigenvalue weighted by Crippen LogP contribution is 2.38. The SMILES string of the molecule is O=C(Nc1cccc(SC(C(=O)Nc2nc(-c3ccc(F)cc3)cs2)c2ccccc2)c1)/C(=C/c1ccc(Cl)cc1)NC(=O)c1ccccc1. The van der Waals surface area contributed by atoms with E-state index in [-0.39, 0.29) is 17.4 Å². The molecule has 6 rings (SSSR count). The lowest BCUT2D eigenvalue weighted by Gasteiger charge is -2.17. The number of carbonyl (C=O) groups is 3. The molecule has 1 unspecified atom stereocenters. The molecule has 50 heavy (non-hydrogen) atoms. The van der Waals surface area contributed by atoms with Crippen molar-refractivity contribution in [3.05, 3.63) is 172 Å². The molecule has 1 atom stereocenters. The van der Waals surface area contributed by atoms with Gasteiger partial charge in [0.1, 0.15) is 16.8 Å². The van der Waals surface area contributed by atoms with E-state index in [1.54, 1.807) is 96.4 Å². The number of rotatable bonds is 11. The molecule has 0 bridgehead atoms. The van der Waals surface area contributed by atoms with Crippen LogP contribution >= 0.6 is 34.7 Å². The lowest BCUT2D eigenvalue weighted by molar-refractivity contribution is -0.116. The first-order valence-electron chi connectivity index (χ1n) is 15.3. The van der Waals surface area contributed by atoms with Crippen molar-refractivity contribution in [3.8, 4) is 11.3 Å². The van der Waals surface area contributed by atoms with Crippen LogP contribution in [0.2, 0.25) is 5.02 Å². The first-order chi connectivity index (χ1) is 24.3. The van der Waals surface area contributed by atoms with E-state index in [4.69, 9.17) is 11.6 Å². The van der Waals surface area contributed by atoms with Gasteiger partial charge in [-0.05, 0) is 83.9 Å². The predicted octanol–water partition coefficient (Wildman–Crippen LogP) is 9.48. The monoisotopic (exact) mass is 718 g/mol. The van der Waals surface area contributed by atoms with Crippen LogP contribution in [0.1, 0.15) is 26.7 Å². The van der Waals surface area contributed by atoms with Crippen LogP contribution in [-0.4, -0.2) is 22.7 Å². The Morgan fingerprint density at radius 2 is 1.50 bits per heavy atom. The van der Waals surface area contributed by atoms with Gasteiger partial charge in [-0.15, -0.1) is 23.1 Å². The number of hydrogen-bond donors (Lipinski definition) is 3. The average molecular weight is 719 g/mol. The standard InChI is InChI=1S/C39H28ClFN4O3S2/c40-29-18-14-25(15-19-29)22-33(43-36(46)28-10-5-2-6-11-28)37(47)42-31-12-7-13-32(23-31)50-35(27-8-3-1-4-9-27)38(48)45-39-44-34(24-49-39)26-16-20-30(41)21-17-26/h1-24,35H,(H,42,47)(H,43,46)(H,44,45,48)/b33-22-. The van der Waals surface area contributed by atoms with Crippen molar-refractivity contribution in [2.75, 3.05) is 10.6 Å². The van der Waals surface area contributed by atoms with E-state index in [0.717, 1.165) is 16.0 Å². The third-order valence-electron chi connectivity index (χ3n) is 7.27. The number of nitrogens with one attached hydrogen (secondary N) is 3. The number of benzene rings is 5. The van der Waals surface area contributed by atoms with Crippen LogP contribution < -0.4 is 16.0 Å². The molecule has 7 nitrogen and oxygen atoms in total. The molecular weight excluding hydrogens is 691 g/mol. The van der Waals surface area contributed by atoms with Gasteiger partial charge >= 0.3 is 0 Å². The fourth-order valence-corrected chi connectivity index (χ4v) is 6.74. The molecule has 6 aromatic rings. The summed E-state index contributed by atoms with van der Waals surface area (Å²) in [5.74, 6) is -1.60. The van der Waals surface area contributed by atoms with Crippen LogP contribution in [0.3, 0.4) is 0 Å². The summed E-state index contributed by atoms with van der Waals surface area (Å²) < 4.78 is 13.4. The number of anilines is 2. The molecule has 3 N–H and O–H groups in total. The maximum absolute atomic E-state index is 13.7. The molecule has 0 saturated heterocycles. The number of amides is 3. The van der Waals surface area contributed by atoms with Crippen molar-refractivity contribution in [2.24, 2.45) is 0 Å². The number of halogens is 2. The van der Waals surface area contributed by atoms with E-state index in [2.05, 4.69) is 20.9 Å². The quantitative estimate of drug-likeness (QED) is 0.0916. The summed E-state index contributed by atoms with van der Waals surface area (Å²) in [5.41, 5.74) is 3.70. The third kappa shape index (κ3) is 9.12. The Bertz CT molecular complexity index is 2140. The number of aromatic nitrogens is 1. The van der Waals surface area contributed by atoms with Gasteiger partial charge in [0.2, 0.25) is 5.91 Å². The zero-order valence-corrected chi connectivity index (χ0v) is 28.6. The summed E-state index contributed by atoms with van der Waals surface area (Å²) in [6.07, 6.45) is 1.57. The predicted molar refractivity (Wildman–Crippen MR) is 200 cm³/mol. The summed E-state index contributed by atoms with van der Waals surface area (Å²) >= 11 is 8.64. The molecule has 0 fully saturated rings. The molecule has 1 aromatic heterocycles. The topological polar surface area (TPSA) is 100 Å². The molecule has 0 saturated carbocycles. The Labute approximate surface area is 301 Å². The average Bonchev–Trinajstić information content (AvgIpc) is 3.60. The molecule has 0 radical (unpaired) electrons. The second kappa shape index (κ2) is 16.2. The highest BCUT2D eigenvalue weighted by atomic mass is 35.5. The Morgan fingerprint density at radius 3 is 2.22 bits per heavy atom. The van der Waals surface area contributed by atoms with Gasteiger partial charge in [-0.2, -0.15) is 0 Å². The molecule has 0 spiro atoms. The van der Waals surface area contributed by atoms with Crippen molar-refractivity contribution in [1.29, 1.82) is 0 Å². The van der Waals surface area contributed by atoms with Crippen LogP contribution in [0.15, 0.2) is 149 Å². The normalized spacial score (nSPS) is 11.8. The summed E-state index contributed by atoms with van der Waals surface area (Å²) in [6, 6.07) is 37.9. The summed E-state index contributed by atoms with van der Waals surface area (Å²) in [5, 5.41) is 10.6. The van der Waals surface area contributed by atoms with Crippen molar-refractivity contribution >= 4 is 69.3 Å². The third-order valence-corrected chi connectivity index (χ3v) is 9.53. The summed E-state index contributed by atoms with van der Waals surface area (Å²) in [7, 11) is 0. The lowest BCUT2D eigenvalue weighted by Crippen LogP contribution is -2.30. The minimum absolute atomic E-state index is 0.0317. The van der Waals surface area contributed by atoms with E-state index < -0.39 is 17.1 Å². The zero-order chi connectivity index (χ0) is 34.9. The molecular formula is C39H28ClFN4O3S2. The molecule has 0 aliphatic rings. The first kappa shape index (κ1) is 34.3. The van der Waals surface area contributed by atoms with Gasteiger partial charge < -0.3 is 16.0 Å². The van der Waals surface area contributed by atoms with Crippen molar-refractivity contribution in [3.63, 3.8) is 0 Å². The van der Waals surface area contributed by atoms with Crippen LogP contribution in [0.25, 0.3) is 17.3 Å². The van der Waals surface area contributed by atoms with Gasteiger partial charge in [-0.25, -0.2) is 9.37 Å². The van der Waals surface area contributed by atoms with Crippen molar-refractivity contribution in [2.45, 2.75) is 10.1 Å².